The summed E-state index contributed by atoms with van der Waals surface area (Å²) in [6, 6.07) is 0.744. The van der Waals surface area contributed by atoms with Gasteiger partial charge in [-0.15, -0.1) is 0 Å². The molecule has 3 nitrogen and oxygen atoms in total. The third-order valence-corrected chi connectivity index (χ3v) is 4.36. The van der Waals surface area contributed by atoms with E-state index in [-0.39, 0.29) is 6.04 Å². The Balaban J connectivity index is 2.28. The number of rotatable bonds is 3. The number of hydrogen-bond acceptors (Lipinski definition) is 2. The Kier molecular flexibility index (Phi) is 4.44. The summed E-state index contributed by atoms with van der Waals surface area (Å²) in [5.74, 6) is 0. The van der Waals surface area contributed by atoms with Crippen molar-refractivity contribution < 1.29 is 0 Å². The van der Waals surface area contributed by atoms with Crippen LogP contribution >= 0.6 is 0 Å². The molecule has 0 spiro atoms. The zero-order valence-electron chi connectivity index (χ0n) is 12.1. The summed E-state index contributed by atoms with van der Waals surface area (Å²) in [6.45, 7) is 6.44. The van der Waals surface area contributed by atoms with E-state index in [4.69, 9.17) is 10.8 Å². The van der Waals surface area contributed by atoms with Crippen molar-refractivity contribution in [2.24, 2.45) is 5.73 Å². The van der Waals surface area contributed by atoms with Crippen LogP contribution in [0.25, 0.3) is 0 Å². The van der Waals surface area contributed by atoms with E-state index in [9.17, 15) is 0 Å². The van der Waals surface area contributed by atoms with Gasteiger partial charge in [0.05, 0.1) is 11.7 Å². The third-order valence-electron chi connectivity index (χ3n) is 4.36. The summed E-state index contributed by atoms with van der Waals surface area (Å²) < 4.78 is 2.27. The van der Waals surface area contributed by atoms with E-state index in [2.05, 4.69) is 25.5 Å². The van der Waals surface area contributed by atoms with Gasteiger partial charge in [-0.05, 0) is 33.1 Å². The maximum absolute atomic E-state index is 6.22. The molecule has 1 fully saturated rings. The minimum absolute atomic E-state index is 0.143. The van der Waals surface area contributed by atoms with E-state index >= 15 is 0 Å². The summed E-state index contributed by atoms with van der Waals surface area (Å²) >= 11 is 0. The predicted molar refractivity (Wildman–Crippen MR) is 75.7 cm³/mol. The highest BCUT2D eigenvalue weighted by atomic mass is 15.3. The average molecular weight is 249 g/mol. The maximum Gasteiger partial charge on any atom is 0.0644 e. The van der Waals surface area contributed by atoms with Crippen molar-refractivity contribution in [3.8, 4) is 0 Å². The van der Waals surface area contributed by atoms with Gasteiger partial charge in [-0.2, -0.15) is 5.10 Å². The molecule has 0 aromatic carbocycles. The molecule has 2 N–H and O–H groups in total. The quantitative estimate of drug-likeness (QED) is 0.828. The Hall–Kier alpha value is -0.830. The third kappa shape index (κ3) is 2.61. The molecule has 2 rings (SSSR count). The van der Waals surface area contributed by atoms with Crippen molar-refractivity contribution >= 4 is 0 Å². The second-order valence-electron chi connectivity index (χ2n) is 5.69. The molecule has 18 heavy (non-hydrogen) atoms. The van der Waals surface area contributed by atoms with E-state index in [0.717, 1.165) is 12.1 Å². The minimum Gasteiger partial charge on any atom is -0.324 e. The Labute approximate surface area is 111 Å². The molecule has 1 aromatic heterocycles. The lowest BCUT2D eigenvalue weighted by Crippen LogP contribution is -2.14. The predicted octanol–water partition coefficient (Wildman–Crippen LogP) is 3.81. The second kappa shape index (κ2) is 5.87. The maximum atomic E-state index is 6.22. The highest BCUT2D eigenvalue weighted by molar-refractivity contribution is 5.28. The van der Waals surface area contributed by atoms with Crippen molar-refractivity contribution in [2.75, 3.05) is 0 Å². The van der Waals surface area contributed by atoms with Crippen LogP contribution in [0.5, 0.6) is 0 Å². The van der Waals surface area contributed by atoms with Gasteiger partial charge >= 0.3 is 0 Å². The first-order chi connectivity index (χ1) is 8.65. The number of nitrogens with zero attached hydrogens (tertiary/aromatic N) is 2. The van der Waals surface area contributed by atoms with Gasteiger partial charge in [-0.25, -0.2) is 0 Å². The van der Waals surface area contributed by atoms with Crippen LogP contribution in [0.3, 0.4) is 0 Å². The average Bonchev–Trinajstić information content (AvgIpc) is 2.59. The molecule has 1 aliphatic rings. The Bertz CT molecular complexity index is 387. The molecule has 102 valence electrons. The van der Waals surface area contributed by atoms with E-state index in [0.29, 0.717) is 6.04 Å². The lowest BCUT2D eigenvalue weighted by molar-refractivity contribution is 0.396. The van der Waals surface area contributed by atoms with Gasteiger partial charge in [0.15, 0.2) is 0 Å². The van der Waals surface area contributed by atoms with Crippen LogP contribution in [0.1, 0.15) is 80.9 Å². The van der Waals surface area contributed by atoms with Crippen molar-refractivity contribution in [3.05, 3.63) is 17.0 Å². The lowest BCUT2D eigenvalue weighted by Gasteiger charge is -2.17. The van der Waals surface area contributed by atoms with Gasteiger partial charge in [0.1, 0.15) is 0 Å². The monoisotopic (exact) mass is 249 g/mol. The summed E-state index contributed by atoms with van der Waals surface area (Å²) in [5.41, 5.74) is 9.93. The highest BCUT2D eigenvalue weighted by Gasteiger charge is 2.22. The fourth-order valence-corrected chi connectivity index (χ4v) is 3.27. The fraction of sp³-hybridized carbons (Fsp3) is 0.800. The number of aromatic nitrogens is 2. The first-order valence-corrected chi connectivity index (χ1v) is 7.46. The van der Waals surface area contributed by atoms with Crippen LogP contribution in [0.4, 0.5) is 0 Å². The molecule has 0 saturated heterocycles. The van der Waals surface area contributed by atoms with Crippen LogP contribution in [0.15, 0.2) is 0 Å². The van der Waals surface area contributed by atoms with Gasteiger partial charge in [0, 0.05) is 17.3 Å². The fourth-order valence-electron chi connectivity index (χ4n) is 3.27. The molecule has 1 atom stereocenters. The van der Waals surface area contributed by atoms with Crippen LogP contribution in [0.2, 0.25) is 0 Å². The largest absolute Gasteiger partial charge is 0.324 e. The molecule has 0 amide bonds. The molecule has 0 bridgehead atoms. The molecule has 1 aromatic rings. The second-order valence-corrected chi connectivity index (χ2v) is 5.69. The van der Waals surface area contributed by atoms with E-state index < -0.39 is 0 Å². The van der Waals surface area contributed by atoms with E-state index in [1.54, 1.807) is 0 Å². The zero-order chi connectivity index (χ0) is 13.1. The number of nitrogens with two attached hydrogens (primary N) is 1. The topological polar surface area (TPSA) is 43.8 Å². The highest BCUT2D eigenvalue weighted by Crippen LogP contribution is 2.31. The van der Waals surface area contributed by atoms with Crippen molar-refractivity contribution in [2.45, 2.75) is 77.8 Å². The van der Waals surface area contributed by atoms with Gasteiger partial charge in [-0.1, -0.05) is 32.6 Å². The minimum atomic E-state index is 0.143. The van der Waals surface area contributed by atoms with E-state index in [1.807, 2.05) is 0 Å². The molecule has 0 radical (unpaired) electrons. The van der Waals surface area contributed by atoms with Gasteiger partial charge < -0.3 is 5.73 Å². The first kappa shape index (κ1) is 13.6. The SMILES string of the molecule is CCC(N)c1c(C)nn(C2CCCCCC2)c1C. The van der Waals surface area contributed by atoms with Crippen molar-refractivity contribution in [3.63, 3.8) is 0 Å². The molecule has 1 saturated carbocycles. The van der Waals surface area contributed by atoms with Gasteiger partial charge in [0.2, 0.25) is 0 Å². The number of hydrogen-bond donors (Lipinski definition) is 1. The molecule has 1 heterocycles. The lowest BCUT2D eigenvalue weighted by atomic mass is 10.0. The Morgan fingerprint density at radius 1 is 1.22 bits per heavy atom. The van der Waals surface area contributed by atoms with Crippen LogP contribution < -0.4 is 5.73 Å². The zero-order valence-corrected chi connectivity index (χ0v) is 12.1. The van der Waals surface area contributed by atoms with Crippen molar-refractivity contribution in [1.29, 1.82) is 0 Å². The summed E-state index contributed by atoms with van der Waals surface area (Å²) in [4.78, 5) is 0. The molecule has 3 heteroatoms. The van der Waals surface area contributed by atoms with Crippen LogP contribution in [-0.4, -0.2) is 9.78 Å². The first-order valence-electron chi connectivity index (χ1n) is 7.46. The number of aryl methyl sites for hydroxylation is 1. The Morgan fingerprint density at radius 3 is 2.39 bits per heavy atom. The van der Waals surface area contributed by atoms with E-state index in [1.165, 1.54) is 49.8 Å². The standard InChI is InChI=1S/C15H27N3/c1-4-14(16)15-11(2)17-18(12(15)3)13-9-7-5-6-8-10-13/h13-14H,4-10,16H2,1-3H3. The molecule has 1 aliphatic carbocycles. The molecular weight excluding hydrogens is 222 g/mol. The summed E-state index contributed by atoms with van der Waals surface area (Å²) in [7, 11) is 0. The Morgan fingerprint density at radius 2 is 1.83 bits per heavy atom. The molecule has 1 unspecified atom stereocenters. The van der Waals surface area contributed by atoms with Gasteiger partial charge in [-0.3, -0.25) is 4.68 Å². The van der Waals surface area contributed by atoms with Crippen LogP contribution in [0, 0.1) is 13.8 Å². The summed E-state index contributed by atoms with van der Waals surface area (Å²) in [5, 5.41) is 4.78. The molecular formula is C15H27N3. The van der Waals surface area contributed by atoms with Crippen molar-refractivity contribution in [1.82, 2.24) is 9.78 Å². The summed E-state index contributed by atoms with van der Waals surface area (Å²) in [6.07, 6.45) is 9.01. The molecule has 0 aliphatic heterocycles. The van der Waals surface area contributed by atoms with Crippen LogP contribution in [-0.2, 0) is 0 Å². The van der Waals surface area contributed by atoms with Gasteiger partial charge in [0.25, 0.3) is 0 Å². The normalized spacial score (nSPS) is 19.8. The smallest absolute Gasteiger partial charge is 0.0644 e.